The Morgan fingerprint density at radius 2 is 1.70 bits per heavy atom. The van der Waals surface area contributed by atoms with Gasteiger partial charge in [-0.25, -0.2) is 8.60 Å². The number of alkyl halides is 3. The minimum atomic E-state index is -4.75. The lowest BCUT2D eigenvalue weighted by atomic mass is 9.90. The highest BCUT2D eigenvalue weighted by molar-refractivity contribution is 7.82. The molecular formula is C29H28F4N2O4S. The van der Waals surface area contributed by atoms with Crippen LogP contribution in [0, 0.1) is 11.7 Å². The molecule has 6 nitrogen and oxygen atoms in total. The molecule has 2 fully saturated rings. The lowest BCUT2D eigenvalue weighted by Gasteiger charge is -2.44. The van der Waals surface area contributed by atoms with Crippen LogP contribution in [0.2, 0.25) is 0 Å². The van der Waals surface area contributed by atoms with Crippen LogP contribution in [-0.4, -0.2) is 47.3 Å². The van der Waals surface area contributed by atoms with Crippen LogP contribution >= 0.6 is 0 Å². The molecule has 11 heteroatoms. The van der Waals surface area contributed by atoms with Gasteiger partial charge in [-0.2, -0.15) is 0 Å². The molecule has 1 saturated carbocycles. The van der Waals surface area contributed by atoms with Gasteiger partial charge < -0.3 is 9.47 Å². The Kier molecular flexibility index (Phi) is 8.14. The van der Waals surface area contributed by atoms with Crippen LogP contribution in [0.15, 0.2) is 66.7 Å². The van der Waals surface area contributed by atoms with E-state index in [9.17, 15) is 26.6 Å². The molecule has 3 aromatic rings. The third kappa shape index (κ3) is 6.82. The summed E-state index contributed by atoms with van der Waals surface area (Å²) in [6.07, 6.45) is -1.61. The minimum absolute atomic E-state index is 0.152. The summed E-state index contributed by atoms with van der Waals surface area (Å²) in [5, 5.41) is 0. The molecule has 2 atom stereocenters. The van der Waals surface area contributed by atoms with Crippen molar-refractivity contribution < 1.29 is 36.0 Å². The number of ether oxygens (including phenoxy) is 2. The predicted octanol–water partition coefficient (Wildman–Crippen LogP) is 5.73. The van der Waals surface area contributed by atoms with Gasteiger partial charge in [0, 0.05) is 31.3 Å². The van der Waals surface area contributed by atoms with Gasteiger partial charge in [-0.15, -0.1) is 13.2 Å². The molecule has 212 valence electrons. The maximum atomic E-state index is 14.8. The summed E-state index contributed by atoms with van der Waals surface area (Å²) in [6, 6.07) is 18.2. The number of carbonyl (C=O) groups excluding carboxylic acids is 1. The highest BCUT2D eigenvalue weighted by atomic mass is 32.2. The van der Waals surface area contributed by atoms with Gasteiger partial charge in [-0.1, -0.05) is 42.5 Å². The minimum Gasteiger partial charge on any atom is -0.493 e. The van der Waals surface area contributed by atoms with E-state index < -0.39 is 29.1 Å². The summed E-state index contributed by atoms with van der Waals surface area (Å²) in [5.74, 6) is -0.986. The van der Waals surface area contributed by atoms with Crippen molar-refractivity contribution in [2.45, 2.75) is 31.2 Å². The molecule has 0 radical (unpaired) electrons. The molecule has 2 aliphatic rings. The molecule has 1 heterocycles. The second kappa shape index (κ2) is 11.6. The van der Waals surface area contributed by atoms with E-state index in [0.717, 1.165) is 29.5 Å². The third-order valence-electron chi connectivity index (χ3n) is 6.97. The smallest absolute Gasteiger partial charge is 0.493 e. The lowest BCUT2D eigenvalue weighted by Crippen LogP contribution is -2.51. The Labute approximate surface area is 231 Å². The van der Waals surface area contributed by atoms with Gasteiger partial charge in [0.25, 0.3) is 5.91 Å². The fraction of sp³-hybridized carbons (Fsp3) is 0.345. The first kappa shape index (κ1) is 28.1. The molecule has 1 saturated heterocycles. The molecule has 5 rings (SSSR count). The number of hydrogen-bond acceptors (Lipinski definition) is 5. The highest BCUT2D eigenvalue weighted by Gasteiger charge is 2.36. The second-order valence-electron chi connectivity index (χ2n) is 10.1. The van der Waals surface area contributed by atoms with Gasteiger partial charge in [0.1, 0.15) is 28.3 Å². The molecule has 1 aliphatic carbocycles. The maximum absolute atomic E-state index is 14.8. The van der Waals surface area contributed by atoms with Crippen molar-refractivity contribution in [3.63, 3.8) is 0 Å². The van der Waals surface area contributed by atoms with Crippen molar-refractivity contribution in [3.05, 3.63) is 94.8 Å². The van der Waals surface area contributed by atoms with Crippen LogP contribution < -0.4 is 14.2 Å². The predicted molar refractivity (Wildman–Crippen MR) is 142 cm³/mol. The van der Waals surface area contributed by atoms with Crippen molar-refractivity contribution in [1.82, 2.24) is 9.62 Å². The molecule has 1 aliphatic heterocycles. The van der Waals surface area contributed by atoms with Gasteiger partial charge in [0.05, 0.1) is 18.2 Å². The van der Waals surface area contributed by atoms with Gasteiger partial charge in [0.2, 0.25) is 0 Å². The van der Waals surface area contributed by atoms with Crippen LogP contribution in [0.25, 0.3) is 0 Å². The molecule has 0 bridgehead atoms. The number of likely N-dealkylation sites (tertiary alicyclic amines) is 1. The van der Waals surface area contributed by atoms with E-state index in [2.05, 4.69) is 14.4 Å². The monoisotopic (exact) mass is 576 g/mol. The molecule has 0 aromatic heterocycles. The Morgan fingerprint density at radius 3 is 2.30 bits per heavy atom. The summed E-state index contributed by atoms with van der Waals surface area (Å²) in [5.41, 5.74) is 2.45. The Morgan fingerprint density at radius 1 is 1.05 bits per heavy atom. The number of halogens is 4. The van der Waals surface area contributed by atoms with E-state index in [1.807, 2.05) is 30.3 Å². The van der Waals surface area contributed by atoms with Gasteiger partial charge in [-0.3, -0.25) is 14.4 Å². The molecule has 2 unspecified atom stereocenters. The van der Waals surface area contributed by atoms with Crippen molar-refractivity contribution in [2.24, 2.45) is 5.92 Å². The van der Waals surface area contributed by atoms with E-state index >= 15 is 0 Å². The fourth-order valence-corrected chi connectivity index (χ4v) is 5.38. The van der Waals surface area contributed by atoms with E-state index in [-0.39, 0.29) is 29.2 Å². The average Bonchev–Trinajstić information content (AvgIpc) is 3.70. The van der Waals surface area contributed by atoms with Crippen molar-refractivity contribution in [2.75, 3.05) is 26.0 Å². The van der Waals surface area contributed by atoms with Crippen LogP contribution in [-0.2, 0) is 11.0 Å². The quantitative estimate of drug-likeness (QED) is 0.313. The zero-order chi connectivity index (χ0) is 28.4. The lowest BCUT2D eigenvalue weighted by molar-refractivity contribution is -0.274. The zero-order valence-corrected chi connectivity index (χ0v) is 22.4. The van der Waals surface area contributed by atoms with Crippen LogP contribution in [0.1, 0.15) is 51.8 Å². The SMILES string of the molecule is CS(=O)NC(=O)c1cc(C2CC2)c(OCC2CN(C(c3ccccc3)c3ccc(OC(F)(F)F)cc3)C2)cc1F. The van der Waals surface area contributed by atoms with E-state index in [1.54, 1.807) is 12.1 Å². The van der Waals surface area contributed by atoms with Crippen LogP contribution in [0.4, 0.5) is 17.6 Å². The van der Waals surface area contributed by atoms with Crippen LogP contribution in [0.3, 0.4) is 0 Å². The summed E-state index contributed by atoms with van der Waals surface area (Å²) in [7, 11) is -1.61. The van der Waals surface area contributed by atoms with Crippen molar-refractivity contribution in [3.8, 4) is 11.5 Å². The standard InChI is InChI=1S/C29H28F4N2O4S/c1-40(37)34-28(36)24-13-23(19-7-8-19)26(14-25(24)30)38-17-18-15-35(16-18)27(20-5-3-2-4-6-20)21-9-11-22(12-10-21)39-29(31,32)33/h2-6,9-14,18-19,27H,7-8,15-17H2,1H3,(H,34,36). The fourth-order valence-electron chi connectivity index (χ4n) is 5.00. The number of amides is 1. The third-order valence-corrected chi connectivity index (χ3v) is 7.44. The molecule has 0 spiro atoms. The molecule has 40 heavy (non-hydrogen) atoms. The number of benzene rings is 3. The average molecular weight is 577 g/mol. The van der Waals surface area contributed by atoms with E-state index in [1.165, 1.54) is 30.5 Å². The summed E-state index contributed by atoms with van der Waals surface area (Å²) < 4.78 is 76.2. The molecule has 3 aromatic carbocycles. The number of rotatable bonds is 10. The highest BCUT2D eigenvalue weighted by Crippen LogP contribution is 2.45. The van der Waals surface area contributed by atoms with Crippen LogP contribution in [0.5, 0.6) is 11.5 Å². The Bertz CT molecular complexity index is 1380. The van der Waals surface area contributed by atoms with Crippen molar-refractivity contribution in [1.29, 1.82) is 0 Å². The first-order valence-corrected chi connectivity index (χ1v) is 14.4. The van der Waals surface area contributed by atoms with Gasteiger partial charge in [-0.05, 0) is 53.6 Å². The Balaban J connectivity index is 1.26. The normalized spacial score (nSPS) is 17.5. The number of carbonyl (C=O) groups is 1. The van der Waals surface area contributed by atoms with E-state index in [0.29, 0.717) is 25.4 Å². The van der Waals surface area contributed by atoms with E-state index in [4.69, 9.17) is 4.74 Å². The summed E-state index contributed by atoms with van der Waals surface area (Å²) in [6.45, 7) is 1.69. The largest absolute Gasteiger partial charge is 0.573 e. The number of nitrogens with one attached hydrogen (secondary N) is 1. The molecule has 1 amide bonds. The summed E-state index contributed by atoms with van der Waals surface area (Å²) in [4.78, 5) is 14.5. The number of hydrogen-bond donors (Lipinski definition) is 1. The van der Waals surface area contributed by atoms with Gasteiger partial charge >= 0.3 is 6.36 Å². The zero-order valence-electron chi connectivity index (χ0n) is 21.6. The van der Waals surface area contributed by atoms with Gasteiger partial charge in [0.15, 0.2) is 0 Å². The first-order chi connectivity index (χ1) is 19.1. The Hall–Kier alpha value is -3.44. The molecular weight excluding hydrogens is 548 g/mol. The maximum Gasteiger partial charge on any atom is 0.573 e. The summed E-state index contributed by atoms with van der Waals surface area (Å²) >= 11 is 0. The van der Waals surface area contributed by atoms with Crippen molar-refractivity contribution >= 4 is 16.9 Å². The second-order valence-corrected chi connectivity index (χ2v) is 11.2. The number of nitrogens with zero attached hydrogens (tertiary/aromatic N) is 1. The topological polar surface area (TPSA) is 67.9 Å². The molecule has 1 N–H and O–H groups in total. The first-order valence-electron chi connectivity index (χ1n) is 12.8.